The number of aryl methyl sites for hydroxylation is 1. The highest BCUT2D eigenvalue weighted by Gasteiger charge is 2.63. The summed E-state index contributed by atoms with van der Waals surface area (Å²) in [5, 5.41) is 17.1. The number of nitrogens with zero attached hydrogens (tertiary/aromatic N) is 2. The van der Waals surface area contributed by atoms with Gasteiger partial charge in [-0.05, 0) is 95.1 Å². The fourth-order valence-corrected chi connectivity index (χ4v) is 11.3. The van der Waals surface area contributed by atoms with E-state index >= 15 is 0 Å². The van der Waals surface area contributed by atoms with Gasteiger partial charge in [-0.25, -0.2) is 4.79 Å². The predicted molar refractivity (Wildman–Crippen MR) is 247 cm³/mol. The van der Waals surface area contributed by atoms with Crippen LogP contribution < -0.4 is 15.5 Å². The summed E-state index contributed by atoms with van der Waals surface area (Å²) in [7, 11) is 4.77. The highest BCUT2D eigenvalue weighted by molar-refractivity contribution is 8.00. The van der Waals surface area contributed by atoms with Gasteiger partial charge >= 0.3 is 6.09 Å². The fraction of sp³-hybridized carbons (Fsp3) is 0.667. The lowest BCUT2D eigenvalue weighted by Gasteiger charge is -2.42. The number of anilines is 1. The van der Waals surface area contributed by atoms with Gasteiger partial charge in [0.25, 0.3) is 0 Å². The number of halogens is 1. The fourth-order valence-electron chi connectivity index (χ4n) is 9.97. The Morgan fingerprint density at radius 3 is 2.52 bits per heavy atom. The van der Waals surface area contributed by atoms with E-state index in [1.807, 2.05) is 45.9 Å². The molecule has 358 valence electrons. The number of carbonyl (C=O) groups excluding carboxylic acids is 6. The van der Waals surface area contributed by atoms with Gasteiger partial charge in [0.2, 0.25) is 23.6 Å². The van der Waals surface area contributed by atoms with E-state index in [1.54, 1.807) is 33.2 Å². The van der Waals surface area contributed by atoms with Gasteiger partial charge in [0.05, 0.1) is 27.7 Å². The second kappa shape index (κ2) is 21.4. The number of ether oxygens (including phenoxy) is 4. The molecule has 1 saturated carbocycles. The third kappa shape index (κ3) is 11.8. The smallest absolute Gasteiger partial charge is 0.409 e. The Labute approximate surface area is 392 Å². The SMILES string of the molecule is CNC(=O)C1CCC(CN2C(=O)CC(SCCCO[C@H](C)C(=O)C[C@H]3CC(=O)N(C)c4cc(cc(C)c4Cl)C/C(C)=C/C=C/[C@@H](OC)[C@@]4(O)C[C@H](OC(=O)N4)[C@@H](C)[C@@H]4O[C@@]34C)C2=O)CC1. The van der Waals surface area contributed by atoms with Crippen molar-refractivity contribution in [2.75, 3.05) is 45.0 Å². The first-order valence-electron chi connectivity index (χ1n) is 22.9. The van der Waals surface area contributed by atoms with Gasteiger partial charge in [0.15, 0.2) is 11.5 Å². The second-order valence-electron chi connectivity index (χ2n) is 18.9. The molecule has 5 aliphatic rings. The minimum absolute atomic E-state index is 0.00872. The molecule has 0 aromatic heterocycles. The molecule has 15 nitrogen and oxygen atoms in total. The molecule has 3 N–H and O–H groups in total. The number of hydrogen-bond donors (Lipinski definition) is 3. The zero-order chi connectivity index (χ0) is 47.4. The first-order chi connectivity index (χ1) is 30.8. The van der Waals surface area contributed by atoms with Crippen LogP contribution in [0.2, 0.25) is 5.02 Å². The second-order valence-corrected chi connectivity index (χ2v) is 20.6. The number of rotatable bonds is 13. The van der Waals surface area contributed by atoms with E-state index in [4.69, 9.17) is 30.5 Å². The standard InChI is InChI=1S/C48H67ClN4O11S/c1-27-11-9-12-39(61-8)48(60)25-37(63-46(59)51-48)29(3)43-47(5,64-43)34(23-40(55)52(7)35-21-32(19-27)20-28(2)42(35)49)22-36(54)30(4)62-17-10-18-65-38-24-41(56)53(45(38)58)26-31-13-15-33(16-14-31)44(57)50-6/h9,11-12,20-21,29-31,33-34,37-39,43,60H,10,13-19,22-26H2,1-8H3,(H,50,57)(H,51,59)/b12-9+,27-11+/t29-,30-,31?,33?,34+,37+,38?,39-,43+,47+,48+/m1/s1. The molecule has 4 heterocycles. The van der Waals surface area contributed by atoms with Gasteiger partial charge in [-0.1, -0.05) is 48.4 Å². The predicted octanol–water partition coefficient (Wildman–Crippen LogP) is 5.84. The van der Waals surface area contributed by atoms with E-state index in [1.165, 1.54) is 28.7 Å². The zero-order valence-corrected chi connectivity index (χ0v) is 40.6. The van der Waals surface area contributed by atoms with Crippen molar-refractivity contribution >= 4 is 64.6 Å². The summed E-state index contributed by atoms with van der Waals surface area (Å²) >= 11 is 8.26. The van der Waals surface area contributed by atoms with Crippen molar-refractivity contribution in [1.82, 2.24) is 15.5 Å². The van der Waals surface area contributed by atoms with Crippen molar-refractivity contribution in [1.29, 1.82) is 0 Å². The lowest BCUT2D eigenvalue weighted by Crippen LogP contribution is -2.63. The van der Waals surface area contributed by atoms with Crippen LogP contribution in [0.15, 0.2) is 35.9 Å². The van der Waals surface area contributed by atoms with E-state index < -0.39 is 58.9 Å². The van der Waals surface area contributed by atoms with Crippen LogP contribution in [0.4, 0.5) is 10.5 Å². The van der Waals surface area contributed by atoms with Crippen molar-refractivity contribution in [2.45, 2.75) is 140 Å². The number of imide groups is 1. The van der Waals surface area contributed by atoms with Crippen molar-refractivity contribution < 1.29 is 52.8 Å². The number of methoxy groups -OCH3 is 1. The zero-order valence-electron chi connectivity index (χ0n) is 39.0. The number of aliphatic hydroxyl groups is 1. The lowest BCUT2D eigenvalue weighted by molar-refractivity contribution is -0.142. The number of hydrogen-bond acceptors (Lipinski definition) is 12. The Balaban J connectivity index is 1.10. The van der Waals surface area contributed by atoms with Crippen LogP contribution in [-0.2, 0) is 49.3 Å². The molecule has 4 bridgehead atoms. The largest absolute Gasteiger partial charge is 0.446 e. The number of alkyl carbamates (subject to hydrolysis) is 1. The number of epoxide rings is 1. The Morgan fingerprint density at radius 1 is 1.11 bits per heavy atom. The maximum Gasteiger partial charge on any atom is 0.409 e. The molecule has 4 aliphatic heterocycles. The molecule has 9 atom stereocenters. The van der Waals surface area contributed by atoms with Gasteiger partial charge < -0.3 is 34.3 Å². The van der Waals surface area contributed by atoms with Crippen molar-refractivity contribution in [3.63, 3.8) is 0 Å². The van der Waals surface area contributed by atoms with E-state index in [2.05, 4.69) is 10.6 Å². The summed E-state index contributed by atoms with van der Waals surface area (Å²) in [4.78, 5) is 82.3. The summed E-state index contributed by atoms with van der Waals surface area (Å²) < 4.78 is 23.9. The Bertz CT molecular complexity index is 2040. The first kappa shape index (κ1) is 50.6. The van der Waals surface area contributed by atoms with Gasteiger partial charge in [-0.2, -0.15) is 0 Å². The molecule has 6 rings (SSSR count). The number of thioether (sulfide) groups is 1. The van der Waals surface area contributed by atoms with E-state index in [0.717, 1.165) is 42.4 Å². The lowest BCUT2D eigenvalue weighted by atomic mass is 9.78. The molecule has 1 aliphatic carbocycles. The summed E-state index contributed by atoms with van der Waals surface area (Å²) in [6.45, 7) is 9.91. The molecule has 1 aromatic rings. The van der Waals surface area contributed by atoms with E-state index in [0.29, 0.717) is 35.8 Å². The number of allylic oxidation sites excluding steroid dienone is 3. The molecular weight excluding hydrogens is 876 g/mol. The third-order valence-corrected chi connectivity index (χ3v) is 15.9. The third-order valence-electron chi connectivity index (χ3n) is 14.2. The minimum atomic E-state index is -1.79. The van der Waals surface area contributed by atoms with Crippen molar-refractivity contribution in [3.8, 4) is 0 Å². The maximum absolute atomic E-state index is 14.3. The first-order valence-corrected chi connectivity index (χ1v) is 24.3. The van der Waals surface area contributed by atoms with E-state index in [-0.39, 0.29) is 73.5 Å². The Hall–Kier alpha value is -3.80. The number of likely N-dealkylation sites (tertiary alicyclic amines) is 1. The van der Waals surface area contributed by atoms with E-state index in [9.17, 15) is 33.9 Å². The summed E-state index contributed by atoms with van der Waals surface area (Å²) in [6.07, 6.45) is 5.79. The molecule has 3 saturated heterocycles. The number of carbonyl (C=O) groups is 6. The van der Waals surface area contributed by atoms with Crippen LogP contribution in [-0.4, -0.2) is 127 Å². The maximum atomic E-state index is 14.3. The molecule has 17 heteroatoms. The molecule has 1 unspecified atom stereocenters. The van der Waals surface area contributed by atoms with Gasteiger partial charge in [-0.15, -0.1) is 11.8 Å². The van der Waals surface area contributed by atoms with Crippen LogP contribution in [0.3, 0.4) is 0 Å². The normalized spacial score (nSPS) is 33.9. The minimum Gasteiger partial charge on any atom is -0.446 e. The topological polar surface area (TPSA) is 193 Å². The number of Topliss-reactive ketones (excluding diaryl/α,β-unsaturated/α-hetero) is 1. The molecule has 0 spiro atoms. The number of amides is 5. The summed E-state index contributed by atoms with van der Waals surface area (Å²) in [6, 6.07) is 3.87. The average Bonchev–Trinajstić information content (AvgIpc) is 3.90. The molecular formula is C48H67ClN4O11S. The highest BCUT2D eigenvalue weighted by atomic mass is 35.5. The number of fused-ring (bicyclic) bond motifs is 5. The number of nitrogens with one attached hydrogen (secondary N) is 2. The number of benzene rings is 1. The Morgan fingerprint density at radius 2 is 1.83 bits per heavy atom. The van der Waals surface area contributed by atoms with Gasteiger partial charge in [0.1, 0.15) is 18.3 Å². The molecule has 0 radical (unpaired) electrons. The van der Waals surface area contributed by atoms with Crippen LogP contribution >= 0.6 is 23.4 Å². The van der Waals surface area contributed by atoms with Crippen LogP contribution in [0, 0.1) is 30.6 Å². The Kier molecular flexibility index (Phi) is 16.7. The monoisotopic (exact) mass is 942 g/mol. The van der Waals surface area contributed by atoms with Gasteiger partial charge in [0, 0.05) is 77.8 Å². The average molecular weight is 944 g/mol. The van der Waals surface area contributed by atoms with Gasteiger partial charge in [-0.3, -0.25) is 34.2 Å². The molecule has 65 heavy (non-hydrogen) atoms. The van der Waals surface area contributed by atoms with Crippen molar-refractivity contribution in [2.24, 2.45) is 23.7 Å². The van der Waals surface area contributed by atoms with Crippen molar-refractivity contribution in [3.05, 3.63) is 52.1 Å². The number of ketones is 1. The van der Waals surface area contributed by atoms with Crippen LogP contribution in [0.5, 0.6) is 0 Å². The quantitative estimate of drug-likeness (QED) is 0.122. The molecule has 4 fully saturated rings. The summed E-state index contributed by atoms with van der Waals surface area (Å²) in [5.41, 5.74) is 0.501. The van der Waals surface area contributed by atoms with Crippen LogP contribution in [0.25, 0.3) is 0 Å². The molecule has 1 aromatic carbocycles. The highest BCUT2D eigenvalue weighted by Crippen LogP contribution is 2.52. The van der Waals surface area contributed by atoms with Crippen LogP contribution in [0.1, 0.15) is 96.6 Å². The molecule has 5 amide bonds. The summed E-state index contributed by atoms with van der Waals surface area (Å²) in [5.74, 6) is -1.08.